The van der Waals surface area contributed by atoms with E-state index in [0.717, 1.165) is 19.3 Å². The summed E-state index contributed by atoms with van der Waals surface area (Å²) in [5.74, 6) is 0.434. The number of carbonyl (C=O) groups is 1. The van der Waals surface area contributed by atoms with E-state index in [2.05, 4.69) is 39.9 Å². The summed E-state index contributed by atoms with van der Waals surface area (Å²) in [6.07, 6.45) is 24.5. The topological polar surface area (TPSA) is 38.3 Å². The first-order chi connectivity index (χ1) is 15.2. The molecule has 0 atom stereocenters. The molecule has 0 saturated carbocycles. The van der Waals surface area contributed by atoms with E-state index < -0.39 is 0 Å². The Labute approximate surface area is 201 Å². The molecule has 3 nitrogen and oxygen atoms in total. The summed E-state index contributed by atoms with van der Waals surface area (Å²) >= 11 is 0. The van der Waals surface area contributed by atoms with E-state index in [4.69, 9.17) is 4.74 Å². The van der Waals surface area contributed by atoms with Gasteiger partial charge in [-0.2, -0.15) is 0 Å². The quantitative estimate of drug-likeness (QED) is 0.157. The summed E-state index contributed by atoms with van der Waals surface area (Å²) in [4.78, 5) is 12.3. The minimum atomic E-state index is 0.00413. The Morgan fingerprint density at radius 1 is 0.688 bits per heavy atom. The molecule has 0 spiro atoms. The number of hydrogen-bond acceptors (Lipinski definition) is 3. The molecule has 0 aliphatic carbocycles. The predicted molar refractivity (Wildman–Crippen MR) is 139 cm³/mol. The first-order valence-electron chi connectivity index (χ1n) is 14.2. The first kappa shape index (κ1) is 29.5. The van der Waals surface area contributed by atoms with Crippen molar-refractivity contribution < 1.29 is 9.53 Å². The lowest BCUT2D eigenvalue weighted by molar-refractivity contribution is -0.145. The van der Waals surface area contributed by atoms with E-state index in [1.54, 1.807) is 0 Å². The lowest BCUT2D eigenvalue weighted by Gasteiger charge is -2.46. The number of esters is 1. The summed E-state index contributed by atoms with van der Waals surface area (Å²) in [6.45, 7) is 11.8. The van der Waals surface area contributed by atoms with Gasteiger partial charge in [0.05, 0.1) is 6.61 Å². The molecule has 190 valence electrons. The normalized spacial score (nSPS) is 18.0. The van der Waals surface area contributed by atoms with Crippen LogP contribution in [0, 0.1) is 5.92 Å². The number of ether oxygens (including phenoxy) is 1. The third-order valence-electron chi connectivity index (χ3n) is 6.99. The van der Waals surface area contributed by atoms with Gasteiger partial charge in [-0.1, -0.05) is 103 Å². The molecule has 1 heterocycles. The average Bonchev–Trinajstić information content (AvgIpc) is 2.68. The van der Waals surface area contributed by atoms with Crippen molar-refractivity contribution in [3.8, 4) is 0 Å². The van der Waals surface area contributed by atoms with Crippen LogP contribution in [0.2, 0.25) is 0 Å². The maximum atomic E-state index is 12.3. The van der Waals surface area contributed by atoms with Crippen molar-refractivity contribution in [1.29, 1.82) is 0 Å². The summed E-state index contributed by atoms with van der Waals surface area (Å²) in [5.41, 5.74) is 0.196. The minimum absolute atomic E-state index is 0.00413. The number of rotatable bonds is 19. The van der Waals surface area contributed by atoms with Crippen molar-refractivity contribution in [3.63, 3.8) is 0 Å². The van der Waals surface area contributed by atoms with Gasteiger partial charge in [-0.3, -0.25) is 4.79 Å². The number of piperidine rings is 1. The van der Waals surface area contributed by atoms with E-state index in [1.165, 1.54) is 96.3 Å². The van der Waals surface area contributed by atoms with Crippen LogP contribution in [0.3, 0.4) is 0 Å². The van der Waals surface area contributed by atoms with Gasteiger partial charge in [-0.15, -0.1) is 0 Å². The van der Waals surface area contributed by atoms with Gasteiger partial charge in [0.15, 0.2) is 0 Å². The van der Waals surface area contributed by atoms with Crippen molar-refractivity contribution in [2.75, 3.05) is 6.61 Å². The molecule has 0 aromatic heterocycles. The predicted octanol–water partition coefficient (Wildman–Crippen LogP) is 8.74. The highest BCUT2D eigenvalue weighted by Crippen LogP contribution is 2.34. The van der Waals surface area contributed by atoms with Gasteiger partial charge in [0.2, 0.25) is 0 Å². The lowest BCUT2D eigenvalue weighted by Crippen LogP contribution is -2.58. The van der Waals surface area contributed by atoms with Crippen LogP contribution in [-0.4, -0.2) is 23.7 Å². The van der Waals surface area contributed by atoms with Gasteiger partial charge >= 0.3 is 5.97 Å². The first-order valence-corrected chi connectivity index (χ1v) is 14.2. The highest BCUT2D eigenvalue weighted by Gasteiger charge is 2.38. The Kier molecular flexibility index (Phi) is 15.6. The third-order valence-corrected chi connectivity index (χ3v) is 6.99. The van der Waals surface area contributed by atoms with Gasteiger partial charge in [0.1, 0.15) is 0 Å². The molecule has 0 radical (unpaired) electrons. The SMILES string of the molecule is CCCCCCCCCCCCCCCCCCOC(=O)CC1CC(C)(C)NC(C)(C)C1. The van der Waals surface area contributed by atoms with Crippen molar-refractivity contribution in [2.24, 2.45) is 5.92 Å². The molecule has 0 aromatic carbocycles. The highest BCUT2D eigenvalue weighted by atomic mass is 16.5. The van der Waals surface area contributed by atoms with Crippen LogP contribution < -0.4 is 5.32 Å². The van der Waals surface area contributed by atoms with Crippen LogP contribution >= 0.6 is 0 Å². The molecule has 1 N–H and O–H groups in total. The van der Waals surface area contributed by atoms with E-state index >= 15 is 0 Å². The second kappa shape index (κ2) is 17.0. The van der Waals surface area contributed by atoms with Gasteiger partial charge in [0, 0.05) is 17.5 Å². The maximum absolute atomic E-state index is 12.3. The number of carbonyl (C=O) groups excluding carboxylic acids is 1. The third kappa shape index (κ3) is 16.1. The zero-order valence-electron chi connectivity index (χ0n) is 22.5. The average molecular weight is 452 g/mol. The van der Waals surface area contributed by atoms with Gasteiger partial charge < -0.3 is 10.1 Å². The number of nitrogens with one attached hydrogen (secondary N) is 1. The van der Waals surface area contributed by atoms with Crippen molar-refractivity contribution in [3.05, 3.63) is 0 Å². The van der Waals surface area contributed by atoms with E-state index in [1.807, 2.05) is 0 Å². The second-order valence-electron chi connectivity index (χ2n) is 11.9. The van der Waals surface area contributed by atoms with Crippen LogP contribution in [0.4, 0.5) is 0 Å². The zero-order chi connectivity index (χ0) is 23.7. The van der Waals surface area contributed by atoms with Crippen molar-refractivity contribution in [1.82, 2.24) is 5.32 Å². The summed E-state index contributed by atoms with van der Waals surface area (Å²) < 4.78 is 5.54. The van der Waals surface area contributed by atoms with Gasteiger partial charge in [-0.25, -0.2) is 0 Å². The Bertz CT molecular complexity index is 456. The molecule has 3 heteroatoms. The summed E-state index contributed by atoms with van der Waals surface area (Å²) in [7, 11) is 0. The van der Waals surface area contributed by atoms with Crippen LogP contribution in [0.5, 0.6) is 0 Å². The largest absolute Gasteiger partial charge is 0.466 e. The molecular weight excluding hydrogens is 394 g/mol. The van der Waals surface area contributed by atoms with Crippen molar-refractivity contribution >= 4 is 5.97 Å². The number of unbranched alkanes of at least 4 members (excludes halogenated alkanes) is 15. The maximum Gasteiger partial charge on any atom is 0.306 e. The summed E-state index contributed by atoms with van der Waals surface area (Å²) in [6, 6.07) is 0. The fraction of sp³-hybridized carbons (Fsp3) is 0.966. The molecule has 1 aliphatic rings. The second-order valence-corrected chi connectivity index (χ2v) is 11.9. The standard InChI is InChI=1S/C29H57NO2/c1-6-7-8-9-10-11-12-13-14-15-16-17-18-19-20-21-22-32-27(31)23-26-24-28(2,3)30-29(4,5)25-26/h26,30H,6-25H2,1-5H3. The molecule has 0 bridgehead atoms. The Morgan fingerprint density at radius 3 is 1.47 bits per heavy atom. The zero-order valence-corrected chi connectivity index (χ0v) is 22.5. The van der Waals surface area contributed by atoms with Crippen LogP contribution in [0.1, 0.15) is 157 Å². The Hall–Kier alpha value is -0.570. The minimum Gasteiger partial charge on any atom is -0.466 e. The molecule has 32 heavy (non-hydrogen) atoms. The van der Waals surface area contributed by atoms with Crippen molar-refractivity contribution in [2.45, 2.75) is 168 Å². The Morgan fingerprint density at radius 2 is 1.06 bits per heavy atom. The molecule has 1 rings (SSSR count). The van der Waals surface area contributed by atoms with Gasteiger partial charge in [0.25, 0.3) is 0 Å². The summed E-state index contributed by atoms with van der Waals surface area (Å²) in [5, 5.41) is 3.69. The Balaban J connectivity index is 1.86. The lowest BCUT2D eigenvalue weighted by atomic mass is 9.75. The molecule has 1 fully saturated rings. The van der Waals surface area contributed by atoms with Crippen LogP contribution in [0.25, 0.3) is 0 Å². The molecule has 1 aliphatic heterocycles. The van der Waals surface area contributed by atoms with E-state index in [9.17, 15) is 4.79 Å². The molecule has 0 unspecified atom stereocenters. The van der Waals surface area contributed by atoms with E-state index in [0.29, 0.717) is 18.9 Å². The fourth-order valence-corrected chi connectivity index (χ4v) is 5.81. The van der Waals surface area contributed by atoms with Gasteiger partial charge in [-0.05, 0) is 52.9 Å². The van der Waals surface area contributed by atoms with Crippen LogP contribution in [-0.2, 0) is 9.53 Å². The smallest absolute Gasteiger partial charge is 0.306 e. The highest BCUT2D eigenvalue weighted by molar-refractivity contribution is 5.69. The molecule has 0 aromatic rings. The molecule has 1 saturated heterocycles. The molecular formula is C29H57NO2. The fourth-order valence-electron chi connectivity index (χ4n) is 5.81. The molecule has 0 amide bonds. The monoisotopic (exact) mass is 451 g/mol. The van der Waals surface area contributed by atoms with E-state index in [-0.39, 0.29) is 17.0 Å². The van der Waals surface area contributed by atoms with Crippen LogP contribution in [0.15, 0.2) is 0 Å². The number of hydrogen-bond donors (Lipinski definition) is 1.